The summed E-state index contributed by atoms with van der Waals surface area (Å²) in [5, 5.41) is 2.12. The van der Waals surface area contributed by atoms with E-state index in [0.717, 1.165) is 19.5 Å². The fourth-order valence-corrected chi connectivity index (χ4v) is 3.07. The molecule has 0 saturated heterocycles. The van der Waals surface area contributed by atoms with Gasteiger partial charge in [0.25, 0.3) is 0 Å². The molecule has 0 radical (unpaired) electrons. The molecule has 1 aliphatic rings. The Kier molecular flexibility index (Phi) is 3.58. The Bertz CT molecular complexity index is 377. The largest absolute Gasteiger partial charge is 0.370 e. The molecule has 1 aromatic rings. The van der Waals surface area contributed by atoms with Crippen molar-refractivity contribution in [3.63, 3.8) is 0 Å². The summed E-state index contributed by atoms with van der Waals surface area (Å²) in [5.41, 5.74) is 12.3. The minimum Gasteiger partial charge on any atom is -0.370 e. The molecule has 1 atom stereocenters. The van der Waals surface area contributed by atoms with Gasteiger partial charge in [0.1, 0.15) is 0 Å². The van der Waals surface area contributed by atoms with Crippen LogP contribution < -0.4 is 11.5 Å². The van der Waals surface area contributed by atoms with E-state index in [2.05, 4.69) is 16.3 Å². The standard InChI is InChI=1S/C11H17N3OS/c12-6-9(5-11(13)15)14-3-1-10-8(7-14)2-4-16-10/h2,4,9H,1,3,5-7,12H2,(H2,13,15). The lowest BCUT2D eigenvalue weighted by Gasteiger charge is -2.33. The van der Waals surface area contributed by atoms with Crippen molar-refractivity contribution < 1.29 is 4.79 Å². The van der Waals surface area contributed by atoms with Crippen molar-refractivity contribution in [1.82, 2.24) is 4.90 Å². The van der Waals surface area contributed by atoms with Crippen molar-refractivity contribution >= 4 is 17.2 Å². The van der Waals surface area contributed by atoms with Gasteiger partial charge >= 0.3 is 0 Å². The highest BCUT2D eigenvalue weighted by Gasteiger charge is 2.24. The van der Waals surface area contributed by atoms with E-state index in [1.165, 1.54) is 10.4 Å². The molecule has 16 heavy (non-hydrogen) atoms. The highest BCUT2D eigenvalue weighted by molar-refractivity contribution is 7.10. The number of thiophene rings is 1. The number of carbonyl (C=O) groups is 1. The lowest BCUT2D eigenvalue weighted by Crippen LogP contribution is -2.45. The van der Waals surface area contributed by atoms with E-state index in [-0.39, 0.29) is 11.9 Å². The fraction of sp³-hybridized carbons (Fsp3) is 0.545. The van der Waals surface area contributed by atoms with E-state index in [1.807, 2.05) is 11.3 Å². The first-order valence-electron chi connectivity index (χ1n) is 5.48. The molecule has 0 fully saturated rings. The number of fused-ring (bicyclic) bond motifs is 1. The monoisotopic (exact) mass is 239 g/mol. The molecule has 4 nitrogen and oxygen atoms in total. The Morgan fingerprint density at radius 3 is 3.12 bits per heavy atom. The zero-order valence-corrected chi connectivity index (χ0v) is 10.0. The normalized spacial score (nSPS) is 18.1. The van der Waals surface area contributed by atoms with Gasteiger partial charge in [-0.15, -0.1) is 11.3 Å². The molecule has 2 heterocycles. The topological polar surface area (TPSA) is 72.3 Å². The van der Waals surface area contributed by atoms with Crippen LogP contribution in [0.5, 0.6) is 0 Å². The molecule has 0 saturated carbocycles. The molecule has 0 spiro atoms. The van der Waals surface area contributed by atoms with Crippen LogP contribution in [0.3, 0.4) is 0 Å². The number of primary amides is 1. The van der Waals surface area contributed by atoms with Crippen LogP contribution in [0, 0.1) is 0 Å². The first-order chi connectivity index (χ1) is 7.70. The minimum atomic E-state index is -0.272. The summed E-state index contributed by atoms with van der Waals surface area (Å²) in [6.07, 6.45) is 1.41. The zero-order chi connectivity index (χ0) is 11.5. The summed E-state index contributed by atoms with van der Waals surface area (Å²) < 4.78 is 0. The van der Waals surface area contributed by atoms with Crippen molar-refractivity contribution in [2.24, 2.45) is 11.5 Å². The molecule has 1 aromatic heterocycles. The van der Waals surface area contributed by atoms with Gasteiger partial charge in [-0.1, -0.05) is 0 Å². The van der Waals surface area contributed by atoms with Crippen LogP contribution in [0.25, 0.3) is 0 Å². The van der Waals surface area contributed by atoms with Gasteiger partial charge in [-0.3, -0.25) is 9.69 Å². The average molecular weight is 239 g/mol. The average Bonchev–Trinajstić information content (AvgIpc) is 2.72. The number of nitrogens with zero attached hydrogens (tertiary/aromatic N) is 1. The van der Waals surface area contributed by atoms with Crippen LogP contribution in [-0.2, 0) is 17.8 Å². The van der Waals surface area contributed by atoms with Crippen LogP contribution in [0.4, 0.5) is 0 Å². The Morgan fingerprint density at radius 2 is 2.44 bits per heavy atom. The van der Waals surface area contributed by atoms with Gasteiger partial charge in [0, 0.05) is 37.0 Å². The highest BCUT2D eigenvalue weighted by atomic mass is 32.1. The van der Waals surface area contributed by atoms with Crippen LogP contribution in [0.2, 0.25) is 0 Å². The maximum absolute atomic E-state index is 10.9. The SMILES string of the molecule is NCC(CC(N)=O)N1CCc2sccc2C1. The van der Waals surface area contributed by atoms with Crippen molar-refractivity contribution in [2.75, 3.05) is 13.1 Å². The molecule has 0 aromatic carbocycles. The third-order valence-corrected chi connectivity index (χ3v) is 4.09. The van der Waals surface area contributed by atoms with E-state index in [9.17, 15) is 4.79 Å². The Hall–Kier alpha value is -0.910. The van der Waals surface area contributed by atoms with Gasteiger partial charge in [-0.2, -0.15) is 0 Å². The third-order valence-electron chi connectivity index (χ3n) is 3.06. The molecule has 1 aliphatic heterocycles. The van der Waals surface area contributed by atoms with Gasteiger partial charge in [-0.05, 0) is 23.4 Å². The highest BCUT2D eigenvalue weighted by Crippen LogP contribution is 2.25. The van der Waals surface area contributed by atoms with Gasteiger partial charge in [0.2, 0.25) is 5.91 Å². The lowest BCUT2D eigenvalue weighted by atomic mass is 10.1. The van der Waals surface area contributed by atoms with E-state index in [0.29, 0.717) is 13.0 Å². The Labute approximate surface area is 99.2 Å². The van der Waals surface area contributed by atoms with E-state index < -0.39 is 0 Å². The van der Waals surface area contributed by atoms with Crippen molar-refractivity contribution in [1.29, 1.82) is 0 Å². The molecule has 0 aliphatic carbocycles. The number of hydrogen-bond donors (Lipinski definition) is 2. The van der Waals surface area contributed by atoms with Crippen molar-refractivity contribution in [3.8, 4) is 0 Å². The zero-order valence-electron chi connectivity index (χ0n) is 9.19. The number of hydrogen-bond acceptors (Lipinski definition) is 4. The first-order valence-corrected chi connectivity index (χ1v) is 6.36. The van der Waals surface area contributed by atoms with Crippen molar-refractivity contribution in [3.05, 3.63) is 21.9 Å². The molecule has 1 amide bonds. The number of rotatable bonds is 4. The molecular formula is C11H17N3OS. The van der Waals surface area contributed by atoms with Crippen LogP contribution in [0.1, 0.15) is 16.9 Å². The first kappa shape index (κ1) is 11.6. The minimum absolute atomic E-state index is 0.0885. The van der Waals surface area contributed by atoms with E-state index in [1.54, 1.807) is 0 Å². The van der Waals surface area contributed by atoms with Gasteiger partial charge in [0.05, 0.1) is 0 Å². The molecule has 88 valence electrons. The molecule has 1 unspecified atom stereocenters. The maximum Gasteiger partial charge on any atom is 0.219 e. The fourth-order valence-electron chi connectivity index (χ4n) is 2.18. The predicted octanol–water partition coefficient (Wildman–Crippen LogP) is 0.309. The summed E-state index contributed by atoms with van der Waals surface area (Å²) in [5.74, 6) is -0.272. The van der Waals surface area contributed by atoms with Gasteiger partial charge in [0.15, 0.2) is 0 Å². The van der Waals surface area contributed by atoms with Crippen molar-refractivity contribution in [2.45, 2.75) is 25.4 Å². The quantitative estimate of drug-likeness (QED) is 0.794. The second-order valence-electron chi connectivity index (χ2n) is 4.15. The maximum atomic E-state index is 10.9. The molecule has 2 rings (SSSR count). The molecule has 0 bridgehead atoms. The summed E-state index contributed by atoms with van der Waals surface area (Å²) in [4.78, 5) is 14.7. The second kappa shape index (κ2) is 4.95. The summed E-state index contributed by atoms with van der Waals surface area (Å²) >= 11 is 1.81. The second-order valence-corrected chi connectivity index (χ2v) is 5.15. The van der Waals surface area contributed by atoms with Crippen LogP contribution in [-0.4, -0.2) is 29.9 Å². The van der Waals surface area contributed by atoms with Crippen LogP contribution in [0.15, 0.2) is 11.4 Å². The van der Waals surface area contributed by atoms with Crippen LogP contribution >= 0.6 is 11.3 Å². The lowest BCUT2D eigenvalue weighted by molar-refractivity contribution is -0.119. The predicted molar refractivity (Wildman–Crippen MR) is 65.1 cm³/mol. The van der Waals surface area contributed by atoms with E-state index >= 15 is 0 Å². The van der Waals surface area contributed by atoms with E-state index in [4.69, 9.17) is 11.5 Å². The molecule has 4 N–H and O–H groups in total. The molecule has 5 heteroatoms. The summed E-state index contributed by atoms with van der Waals surface area (Å²) in [6.45, 7) is 2.36. The number of carbonyl (C=O) groups excluding carboxylic acids is 1. The van der Waals surface area contributed by atoms with Gasteiger partial charge < -0.3 is 11.5 Å². The Morgan fingerprint density at radius 1 is 1.62 bits per heavy atom. The smallest absolute Gasteiger partial charge is 0.219 e. The summed E-state index contributed by atoms with van der Waals surface area (Å²) in [7, 11) is 0. The third kappa shape index (κ3) is 2.42. The molecular weight excluding hydrogens is 222 g/mol. The summed E-state index contributed by atoms with van der Waals surface area (Å²) in [6, 6.07) is 2.25. The Balaban J connectivity index is 2.03. The number of amides is 1. The van der Waals surface area contributed by atoms with Gasteiger partial charge in [-0.25, -0.2) is 0 Å². The number of nitrogens with two attached hydrogens (primary N) is 2.